The number of hydrogen-bond donors (Lipinski definition) is 1. The zero-order chi connectivity index (χ0) is 11.4. The molecule has 1 heterocycles. The fraction of sp³-hybridized carbons (Fsp3) is 0.769. The zero-order valence-electron chi connectivity index (χ0n) is 10.4. The van der Waals surface area contributed by atoms with Gasteiger partial charge in [-0.3, -0.25) is 4.68 Å². The molecule has 0 aromatic carbocycles. The van der Waals surface area contributed by atoms with Crippen LogP contribution in [0.3, 0.4) is 0 Å². The highest BCUT2D eigenvalue weighted by atomic mass is 15.3. The minimum Gasteiger partial charge on any atom is -0.310 e. The minimum atomic E-state index is 0.517. The maximum atomic E-state index is 4.41. The SMILES string of the molecule is CCCn1cc(C(CC2CC2)NCC)cn1. The predicted octanol–water partition coefficient (Wildman–Crippen LogP) is 2.74. The number of aromatic nitrogens is 2. The third-order valence-corrected chi connectivity index (χ3v) is 3.22. The first-order valence-electron chi connectivity index (χ1n) is 6.59. The molecular formula is C13H23N3. The second kappa shape index (κ2) is 5.48. The van der Waals surface area contributed by atoms with Crippen LogP contribution in [0.4, 0.5) is 0 Å². The fourth-order valence-electron chi connectivity index (χ4n) is 2.18. The summed E-state index contributed by atoms with van der Waals surface area (Å²) < 4.78 is 2.06. The van der Waals surface area contributed by atoms with Gasteiger partial charge in [0, 0.05) is 24.3 Å². The first kappa shape index (κ1) is 11.6. The van der Waals surface area contributed by atoms with Gasteiger partial charge in [-0.05, 0) is 25.3 Å². The van der Waals surface area contributed by atoms with Crippen molar-refractivity contribution >= 4 is 0 Å². The molecule has 1 N–H and O–H groups in total. The van der Waals surface area contributed by atoms with Crippen LogP contribution in [0.2, 0.25) is 0 Å². The van der Waals surface area contributed by atoms with Gasteiger partial charge in [-0.15, -0.1) is 0 Å². The van der Waals surface area contributed by atoms with Gasteiger partial charge in [-0.1, -0.05) is 26.7 Å². The van der Waals surface area contributed by atoms with Crippen molar-refractivity contribution in [2.75, 3.05) is 6.54 Å². The smallest absolute Gasteiger partial charge is 0.0537 e. The molecule has 0 aliphatic heterocycles. The molecule has 0 amide bonds. The number of nitrogens with one attached hydrogen (secondary N) is 1. The lowest BCUT2D eigenvalue weighted by atomic mass is 10.0. The summed E-state index contributed by atoms with van der Waals surface area (Å²) in [6, 6.07) is 0.517. The Bertz CT molecular complexity index is 315. The van der Waals surface area contributed by atoms with Gasteiger partial charge in [0.05, 0.1) is 6.20 Å². The van der Waals surface area contributed by atoms with Crippen LogP contribution in [0.15, 0.2) is 12.4 Å². The summed E-state index contributed by atoms with van der Waals surface area (Å²) in [6.07, 6.45) is 9.52. The fourth-order valence-corrected chi connectivity index (χ4v) is 2.18. The Morgan fingerprint density at radius 3 is 2.94 bits per heavy atom. The molecule has 1 saturated carbocycles. The van der Waals surface area contributed by atoms with Crippen molar-refractivity contribution in [1.29, 1.82) is 0 Å². The third kappa shape index (κ3) is 3.08. The molecule has 1 atom stereocenters. The molecule has 1 aliphatic rings. The van der Waals surface area contributed by atoms with Crippen LogP contribution in [0.25, 0.3) is 0 Å². The van der Waals surface area contributed by atoms with Crippen molar-refractivity contribution in [1.82, 2.24) is 15.1 Å². The third-order valence-electron chi connectivity index (χ3n) is 3.22. The molecule has 1 unspecified atom stereocenters. The predicted molar refractivity (Wildman–Crippen MR) is 66.3 cm³/mol. The summed E-state index contributed by atoms with van der Waals surface area (Å²) in [5.41, 5.74) is 1.36. The van der Waals surface area contributed by atoms with Crippen LogP contribution in [0.1, 0.15) is 51.1 Å². The average Bonchev–Trinajstić information content (AvgIpc) is 2.96. The molecule has 0 spiro atoms. The molecular weight excluding hydrogens is 198 g/mol. The van der Waals surface area contributed by atoms with E-state index in [2.05, 4.69) is 35.1 Å². The number of nitrogens with zero attached hydrogens (tertiary/aromatic N) is 2. The van der Waals surface area contributed by atoms with E-state index in [9.17, 15) is 0 Å². The van der Waals surface area contributed by atoms with Gasteiger partial charge in [-0.2, -0.15) is 5.10 Å². The molecule has 1 aromatic heterocycles. The second-order valence-corrected chi connectivity index (χ2v) is 4.83. The van der Waals surface area contributed by atoms with Crippen LogP contribution in [-0.4, -0.2) is 16.3 Å². The molecule has 1 fully saturated rings. The van der Waals surface area contributed by atoms with Crippen molar-refractivity contribution in [2.24, 2.45) is 5.92 Å². The summed E-state index contributed by atoms with van der Waals surface area (Å²) in [7, 11) is 0. The van der Waals surface area contributed by atoms with E-state index < -0.39 is 0 Å². The van der Waals surface area contributed by atoms with Crippen molar-refractivity contribution in [3.63, 3.8) is 0 Å². The molecule has 1 aliphatic carbocycles. The van der Waals surface area contributed by atoms with E-state index in [1.54, 1.807) is 0 Å². The van der Waals surface area contributed by atoms with Gasteiger partial charge in [0.2, 0.25) is 0 Å². The first-order chi connectivity index (χ1) is 7.83. The Kier molecular flexibility index (Phi) is 3.99. The number of hydrogen-bond acceptors (Lipinski definition) is 2. The van der Waals surface area contributed by atoms with E-state index in [4.69, 9.17) is 0 Å². The number of rotatable bonds is 7. The molecule has 1 aromatic rings. The van der Waals surface area contributed by atoms with Gasteiger partial charge in [0.1, 0.15) is 0 Å². The lowest BCUT2D eigenvalue weighted by Crippen LogP contribution is -2.21. The van der Waals surface area contributed by atoms with E-state index in [0.29, 0.717) is 6.04 Å². The Morgan fingerprint density at radius 2 is 2.31 bits per heavy atom. The van der Waals surface area contributed by atoms with Gasteiger partial charge in [-0.25, -0.2) is 0 Å². The van der Waals surface area contributed by atoms with E-state index in [-0.39, 0.29) is 0 Å². The monoisotopic (exact) mass is 221 g/mol. The average molecular weight is 221 g/mol. The molecule has 0 radical (unpaired) electrons. The summed E-state index contributed by atoms with van der Waals surface area (Å²) in [6.45, 7) is 6.43. The molecule has 3 nitrogen and oxygen atoms in total. The van der Waals surface area contributed by atoms with Crippen LogP contribution < -0.4 is 5.32 Å². The Balaban J connectivity index is 1.98. The topological polar surface area (TPSA) is 29.9 Å². The van der Waals surface area contributed by atoms with Crippen molar-refractivity contribution < 1.29 is 0 Å². The van der Waals surface area contributed by atoms with E-state index in [0.717, 1.165) is 25.4 Å². The lowest BCUT2D eigenvalue weighted by Gasteiger charge is -2.15. The summed E-state index contributed by atoms with van der Waals surface area (Å²) in [5.74, 6) is 0.957. The molecule has 0 saturated heterocycles. The summed E-state index contributed by atoms with van der Waals surface area (Å²) in [5, 5.41) is 7.99. The molecule has 2 rings (SSSR count). The highest BCUT2D eigenvalue weighted by Gasteiger charge is 2.26. The maximum absolute atomic E-state index is 4.41. The lowest BCUT2D eigenvalue weighted by molar-refractivity contribution is 0.486. The summed E-state index contributed by atoms with van der Waals surface area (Å²) >= 11 is 0. The highest BCUT2D eigenvalue weighted by molar-refractivity contribution is 5.11. The zero-order valence-corrected chi connectivity index (χ0v) is 10.4. The normalized spacial score (nSPS) is 17.6. The van der Waals surface area contributed by atoms with Gasteiger partial charge < -0.3 is 5.32 Å². The van der Waals surface area contributed by atoms with Crippen LogP contribution in [0, 0.1) is 5.92 Å². The first-order valence-corrected chi connectivity index (χ1v) is 6.59. The van der Waals surface area contributed by atoms with E-state index >= 15 is 0 Å². The largest absolute Gasteiger partial charge is 0.310 e. The number of aryl methyl sites for hydroxylation is 1. The van der Waals surface area contributed by atoms with Crippen LogP contribution in [-0.2, 0) is 6.54 Å². The summed E-state index contributed by atoms with van der Waals surface area (Å²) in [4.78, 5) is 0. The van der Waals surface area contributed by atoms with E-state index in [1.807, 2.05) is 6.20 Å². The maximum Gasteiger partial charge on any atom is 0.0537 e. The Labute approximate surface area is 98.2 Å². The van der Waals surface area contributed by atoms with E-state index in [1.165, 1.54) is 24.8 Å². The second-order valence-electron chi connectivity index (χ2n) is 4.83. The van der Waals surface area contributed by atoms with Crippen LogP contribution in [0.5, 0.6) is 0 Å². The van der Waals surface area contributed by atoms with Crippen molar-refractivity contribution in [3.8, 4) is 0 Å². The molecule has 90 valence electrons. The van der Waals surface area contributed by atoms with Crippen LogP contribution >= 0.6 is 0 Å². The van der Waals surface area contributed by atoms with Gasteiger partial charge in [0.25, 0.3) is 0 Å². The Hall–Kier alpha value is -0.830. The standard InChI is InChI=1S/C13H23N3/c1-3-7-16-10-12(9-15-16)13(14-4-2)8-11-5-6-11/h9-11,13-14H,3-8H2,1-2H3. The quantitative estimate of drug-likeness (QED) is 0.767. The van der Waals surface area contributed by atoms with Crippen molar-refractivity contribution in [2.45, 2.75) is 52.1 Å². The molecule has 3 heteroatoms. The molecule has 0 bridgehead atoms. The van der Waals surface area contributed by atoms with Gasteiger partial charge in [0.15, 0.2) is 0 Å². The van der Waals surface area contributed by atoms with Crippen molar-refractivity contribution in [3.05, 3.63) is 18.0 Å². The highest BCUT2D eigenvalue weighted by Crippen LogP contribution is 2.37. The van der Waals surface area contributed by atoms with Gasteiger partial charge >= 0.3 is 0 Å². The molecule has 16 heavy (non-hydrogen) atoms. The Morgan fingerprint density at radius 1 is 1.50 bits per heavy atom. The minimum absolute atomic E-state index is 0.517.